The van der Waals surface area contributed by atoms with E-state index >= 15 is 0 Å². The van der Waals surface area contributed by atoms with Crippen molar-refractivity contribution in [2.45, 2.75) is 18.2 Å². The number of ether oxygens (including phenoxy) is 1. The van der Waals surface area contributed by atoms with Gasteiger partial charge in [-0.2, -0.15) is 5.10 Å². The molecular weight excluding hydrogens is 386 g/mol. The molecule has 10 heteroatoms. The zero-order valence-corrected chi connectivity index (χ0v) is 15.9. The first-order valence-corrected chi connectivity index (χ1v) is 10.3. The van der Waals surface area contributed by atoms with E-state index in [1.165, 1.54) is 23.6 Å². The number of hydrazone groups is 1. The van der Waals surface area contributed by atoms with Crippen LogP contribution in [0.25, 0.3) is 0 Å². The Hall–Kier alpha value is -1.97. The van der Waals surface area contributed by atoms with E-state index in [2.05, 4.69) is 15.5 Å². The first-order chi connectivity index (χ1) is 11.8. The summed E-state index contributed by atoms with van der Waals surface area (Å²) in [5, 5.41) is 6.52. The lowest BCUT2D eigenvalue weighted by molar-refractivity contribution is -0.142. The van der Waals surface area contributed by atoms with Crippen LogP contribution >= 0.6 is 22.9 Å². The van der Waals surface area contributed by atoms with Gasteiger partial charge < -0.3 is 4.74 Å². The Morgan fingerprint density at radius 2 is 2.24 bits per heavy atom. The number of nitrogens with zero attached hydrogens (tertiary/aromatic N) is 2. The number of hydrogen-bond acceptors (Lipinski definition) is 8. The molecular formula is C15H16ClN3O4S2. The average Bonchev–Trinajstić information content (AvgIpc) is 2.95. The van der Waals surface area contributed by atoms with Gasteiger partial charge in [0, 0.05) is 22.2 Å². The second-order valence-electron chi connectivity index (χ2n) is 4.95. The van der Waals surface area contributed by atoms with Gasteiger partial charge in [-0.25, -0.2) is 13.4 Å². The van der Waals surface area contributed by atoms with Gasteiger partial charge in [0.15, 0.2) is 9.84 Å². The largest absolute Gasteiger partial charge is 0.466 e. The molecule has 134 valence electrons. The molecule has 0 saturated carbocycles. The summed E-state index contributed by atoms with van der Waals surface area (Å²) in [6.45, 7) is 2.06. The van der Waals surface area contributed by atoms with Gasteiger partial charge in [0.2, 0.25) is 5.13 Å². The van der Waals surface area contributed by atoms with Crippen molar-refractivity contribution in [3.05, 3.63) is 39.9 Å². The number of sulfone groups is 1. The Balaban J connectivity index is 2.07. The Morgan fingerprint density at radius 3 is 2.92 bits per heavy atom. The Kier molecular flexibility index (Phi) is 6.51. The number of aromatic nitrogens is 1. The van der Waals surface area contributed by atoms with E-state index in [1.807, 2.05) is 0 Å². The van der Waals surface area contributed by atoms with Crippen molar-refractivity contribution in [2.75, 3.05) is 18.3 Å². The van der Waals surface area contributed by atoms with E-state index in [0.29, 0.717) is 28.0 Å². The highest BCUT2D eigenvalue weighted by atomic mass is 35.5. The molecule has 7 nitrogen and oxygen atoms in total. The molecule has 1 aromatic heterocycles. The van der Waals surface area contributed by atoms with Crippen molar-refractivity contribution in [3.8, 4) is 0 Å². The quantitative estimate of drug-likeness (QED) is 0.435. The van der Waals surface area contributed by atoms with E-state index < -0.39 is 9.84 Å². The third kappa shape index (κ3) is 5.80. The second kappa shape index (κ2) is 8.41. The number of esters is 1. The number of rotatable bonds is 7. The Bertz CT molecular complexity index is 894. The first-order valence-electron chi connectivity index (χ1n) is 7.18. The lowest BCUT2D eigenvalue weighted by Gasteiger charge is -2.04. The van der Waals surface area contributed by atoms with Crippen molar-refractivity contribution in [1.82, 2.24) is 4.98 Å². The number of hydrogen-bond donors (Lipinski definition) is 1. The summed E-state index contributed by atoms with van der Waals surface area (Å²) < 4.78 is 28.5. The van der Waals surface area contributed by atoms with Crippen LogP contribution in [-0.4, -0.2) is 38.4 Å². The normalized spacial score (nSPS) is 11.6. The number of benzene rings is 1. The Morgan fingerprint density at radius 1 is 1.48 bits per heavy atom. The van der Waals surface area contributed by atoms with E-state index in [-0.39, 0.29) is 17.3 Å². The predicted octanol–water partition coefficient (Wildman–Crippen LogP) is 2.75. The zero-order valence-electron chi connectivity index (χ0n) is 13.5. The van der Waals surface area contributed by atoms with E-state index in [4.69, 9.17) is 16.3 Å². The third-order valence-corrected chi connectivity index (χ3v) is 5.10. The minimum absolute atomic E-state index is 0.0884. The number of carbonyl (C=O) groups is 1. The van der Waals surface area contributed by atoms with Gasteiger partial charge in [0.1, 0.15) is 0 Å². The number of nitrogens with one attached hydrogen (secondary N) is 1. The molecule has 1 heterocycles. The van der Waals surface area contributed by atoms with Gasteiger partial charge in [-0.15, -0.1) is 11.3 Å². The highest BCUT2D eigenvalue weighted by Gasteiger charge is 2.13. The van der Waals surface area contributed by atoms with Crippen molar-refractivity contribution in [1.29, 1.82) is 0 Å². The molecule has 0 spiro atoms. The molecule has 0 aliphatic heterocycles. The van der Waals surface area contributed by atoms with Crippen LogP contribution < -0.4 is 5.43 Å². The van der Waals surface area contributed by atoms with Crippen molar-refractivity contribution >= 4 is 50.1 Å². The van der Waals surface area contributed by atoms with E-state index in [0.717, 1.165) is 6.26 Å². The molecule has 25 heavy (non-hydrogen) atoms. The third-order valence-electron chi connectivity index (χ3n) is 2.92. The topological polar surface area (TPSA) is 97.7 Å². The van der Waals surface area contributed by atoms with Crippen LogP contribution in [0.3, 0.4) is 0 Å². The van der Waals surface area contributed by atoms with Crippen molar-refractivity contribution in [3.63, 3.8) is 0 Å². The summed E-state index contributed by atoms with van der Waals surface area (Å²) >= 11 is 7.12. The molecule has 1 N–H and O–H groups in total. The van der Waals surface area contributed by atoms with Crippen LogP contribution in [-0.2, 0) is 25.8 Å². The molecule has 0 aliphatic rings. The molecule has 0 fully saturated rings. The molecule has 0 radical (unpaired) electrons. The zero-order chi connectivity index (χ0) is 18.4. The summed E-state index contributed by atoms with van der Waals surface area (Å²) in [4.78, 5) is 15.7. The van der Waals surface area contributed by atoms with Crippen LogP contribution in [0.2, 0.25) is 5.02 Å². The summed E-state index contributed by atoms with van der Waals surface area (Å²) in [7, 11) is -3.43. The maximum atomic E-state index is 11.8. The van der Waals surface area contributed by atoms with Crippen molar-refractivity contribution < 1.29 is 17.9 Å². The highest BCUT2D eigenvalue weighted by Crippen LogP contribution is 2.20. The van der Waals surface area contributed by atoms with E-state index in [9.17, 15) is 13.2 Å². The van der Waals surface area contributed by atoms with Gasteiger partial charge in [-0.1, -0.05) is 17.7 Å². The molecule has 0 aliphatic carbocycles. The number of anilines is 1. The number of halogens is 1. The number of thiazole rings is 1. The average molecular weight is 402 g/mol. The SMILES string of the molecule is CCOC(=O)Cc1csc(NN=Cc2ccc(Cl)cc2S(C)(=O)=O)n1. The second-order valence-corrected chi connectivity index (χ2v) is 8.23. The highest BCUT2D eigenvalue weighted by molar-refractivity contribution is 7.90. The summed E-state index contributed by atoms with van der Waals surface area (Å²) in [5.41, 5.74) is 3.69. The van der Waals surface area contributed by atoms with Gasteiger partial charge >= 0.3 is 5.97 Å². The lowest BCUT2D eigenvalue weighted by atomic mass is 10.2. The maximum Gasteiger partial charge on any atom is 0.311 e. The molecule has 0 unspecified atom stereocenters. The minimum Gasteiger partial charge on any atom is -0.466 e. The first kappa shape index (κ1) is 19.4. The summed E-state index contributed by atoms with van der Waals surface area (Å²) in [6.07, 6.45) is 2.57. The fourth-order valence-corrected chi connectivity index (χ4v) is 3.68. The van der Waals surface area contributed by atoms with Gasteiger partial charge in [-0.3, -0.25) is 10.2 Å². The van der Waals surface area contributed by atoms with Gasteiger partial charge in [0.05, 0.1) is 29.8 Å². The molecule has 1 aromatic carbocycles. The van der Waals surface area contributed by atoms with Crippen LogP contribution in [0.15, 0.2) is 33.6 Å². The predicted molar refractivity (Wildman–Crippen MR) is 98.2 cm³/mol. The Labute approximate surface area is 154 Å². The monoisotopic (exact) mass is 401 g/mol. The van der Waals surface area contributed by atoms with Gasteiger partial charge in [-0.05, 0) is 19.1 Å². The smallest absolute Gasteiger partial charge is 0.311 e. The van der Waals surface area contributed by atoms with Gasteiger partial charge in [0.25, 0.3) is 0 Å². The molecule has 2 aromatic rings. The van der Waals surface area contributed by atoms with E-state index in [1.54, 1.807) is 24.4 Å². The van der Waals surface area contributed by atoms with Crippen LogP contribution in [0, 0.1) is 0 Å². The molecule has 2 rings (SSSR count). The fourth-order valence-electron chi connectivity index (χ4n) is 1.89. The van der Waals surface area contributed by atoms with Crippen LogP contribution in [0.4, 0.5) is 5.13 Å². The molecule has 0 amide bonds. The summed E-state index contributed by atoms with van der Waals surface area (Å²) in [5.74, 6) is -0.346. The van der Waals surface area contributed by atoms with Crippen LogP contribution in [0.1, 0.15) is 18.2 Å². The molecule has 0 atom stereocenters. The number of carbonyl (C=O) groups excluding carboxylic acids is 1. The maximum absolute atomic E-state index is 11.8. The van der Waals surface area contributed by atoms with Crippen molar-refractivity contribution in [2.24, 2.45) is 5.10 Å². The molecule has 0 bridgehead atoms. The fraction of sp³-hybridized carbons (Fsp3) is 0.267. The minimum atomic E-state index is -3.43. The van der Waals surface area contributed by atoms with Crippen LogP contribution in [0.5, 0.6) is 0 Å². The molecule has 0 saturated heterocycles. The lowest BCUT2D eigenvalue weighted by Crippen LogP contribution is -2.07. The standard InChI is InChI=1S/C15H16ClN3O4S2/c1-3-23-14(20)7-12-9-24-15(18-12)19-17-8-10-4-5-11(16)6-13(10)25(2,21)22/h4-6,8-9H,3,7H2,1-2H3,(H,18,19). The summed E-state index contributed by atoms with van der Waals surface area (Å²) in [6, 6.07) is 4.52.